The number of para-hydroxylation sites is 1. The van der Waals surface area contributed by atoms with Gasteiger partial charge in [0.2, 0.25) is 5.91 Å². The lowest BCUT2D eigenvalue weighted by atomic mass is 10.1. The average molecular weight is 230 g/mol. The molecule has 0 bridgehead atoms. The number of carbonyl (C=O) groups is 1. The molecule has 0 saturated carbocycles. The first-order valence-corrected chi connectivity index (χ1v) is 5.30. The van der Waals surface area contributed by atoms with Gasteiger partial charge in [0.25, 0.3) is 0 Å². The predicted molar refractivity (Wildman–Crippen MR) is 64.2 cm³/mol. The first kappa shape index (κ1) is 9.89. The lowest BCUT2D eigenvalue weighted by Gasteiger charge is -2.23. The number of nitrogens with one attached hydrogen (secondary N) is 2. The van der Waals surface area contributed by atoms with Crippen LogP contribution in [-0.4, -0.2) is 11.9 Å². The van der Waals surface area contributed by atoms with Crippen molar-refractivity contribution in [2.45, 2.75) is 13.0 Å². The molecular weight excluding hydrogens is 220 g/mol. The molecule has 0 unspecified atom stereocenters. The molecule has 0 saturated heterocycles. The lowest BCUT2D eigenvalue weighted by molar-refractivity contribution is -0.116. The third kappa shape index (κ3) is 1.39. The van der Waals surface area contributed by atoms with Crippen molar-refractivity contribution in [3.63, 3.8) is 0 Å². The summed E-state index contributed by atoms with van der Waals surface area (Å²) in [6.45, 7) is 1.74. The molecule has 2 aromatic rings. The number of rotatable bonds is 0. The number of anilines is 2. The first-order valence-electron chi connectivity index (χ1n) is 5.30. The fraction of sp³-hybridized carbons (Fsp3) is 0.167. The summed E-state index contributed by atoms with van der Waals surface area (Å²) < 4.78 is 5.13. The Bertz CT molecular complexity index is 675. The van der Waals surface area contributed by atoms with Crippen LogP contribution >= 0.6 is 0 Å². The molecule has 1 aromatic carbocycles. The molecule has 2 N–H and O–H groups in total. The normalized spacial score (nSPS) is 18.4. The maximum Gasteiger partial charge on any atom is 0.362 e. The number of hydrogen-bond donors (Lipinski definition) is 2. The molecule has 1 aromatic heterocycles. The maximum absolute atomic E-state index is 11.7. The van der Waals surface area contributed by atoms with Gasteiger partial charge in [0.1, 0.15) is 11.6 Å². The van der Waals surface area contributed by atoms with E-state index in [1.165, 1.54) is 0 Å². The van der Waals surface area contributed by atoms with Crippen molar-refractivity contribution in [3.8, 4) is 0 Å². The van der Waals surface area contributed by atoms with Gasteiger partial charge in [0.05, 0.1) is 5.69 Å². The fourth-order valence-electron chi connectivity index (χ4n) is 1.93. The molecule has 17 heavy (non-hydrogen) atoms. The van der Waals surface area contributed by atoms with Crippen LogP contribution in [0, 0.1) is 0 Å². The minimum atomic E-state index is -0.536. The summed E-state index contributed by atoms with van der Waals surface area (Å²) in [6.07, 6.45) is 0. The zero-order chi connectivity index (χ0) is 12.0. The molecule has 86 valence electrons. The molecule has 1 aliphatic rings. The van der Waals surface area contributed by atoms with Crippen LogP contribution in [0.25, 0.3) is 11.0 Å². The second kappa shape index (κ2) is 3.35. The molecule has 2 heterocycles. The van der Waals surface area contributed by atoms with E-state index in [1.54, 1.807) is 19.1 Å². The molecule has 0 spiro atoms. The van der Waals surface area contributed by atoms with E-state index in [0.717, 1.165) is 5.39 Å². The van der Waals surface area contributed by atoms with E-state index in [1.807, 2.05) is 12.1 Å². The van der Waals surface area contributed by atoms with Crippen LogP contribution in [0.3, 0.4) is 0 Å². The third-order valence-corrected chi connectivity index (χ3v) is 2.82. The van der Waals surface area contributed by atoms with E-state index in [2.05, 4.69) is 10.6 Å². The summed E-state index contributed by atoms with van der Waals surface area (Å²) in [5.41, 5.74) is 0.786. The SMILES string of the molecule is C[C@@H]1Nc2c(c(=O)oc3ccccc23)NC1=O. The van der Waals surface area contributed by atoms with Gasteiger partial charge in [-0.2, -0.15) is 0 Å². The van der Waals surface area contributed by atoms with Gasteiger partial charge in [-0.25, -0.2) is 4.79 Å². The van der Waals surface area contributed by atoms with E-state index in [0.29, 0.717) is 11.3 Å². The van der Waals surface area contributed by atoms with Crippen molar-refractivity contribution < 1.29 is 9.21 Å². The quantitative estimate of drug-likeness (QED) is 0.673. The van der Waals surface area contributed by atoms with Crippen molar-refractivity contribution in [1.29, 1.82) is 0 Å². The Labute approximate surface area is 96.4 Å². The lowest BCUT2D eigenvalue weighted by Crippen LogP contribution is -2.38. The smallest absolute Gasteiger partial charge is 0.362 e. The highest BCUT2D eigenvalue weighted by atomic mass is 16.4. The second-order valence-electron chi connectivity index (χ2n) is 3.99. The maximum atomic E-state index is 11.7. The van der Waals surface area contributed by atoms with Gasteiger partial charge in [0.15, 0.2) is 5.69 Å². The minimum Gasteiger partial charge on any atom is -0.421 e. The van der Waals surface area contributed by atoms with Crippen molar-refractivity contribution in [1.82, 2.24) is 0 Å². The van der Waals surface area contributed by atoms with E-state index in [9.17, 15) is 9.59 Å². The van der Waals surface area contributed by atoms with Crippen molar-refractivity contribution >= 4 is 28.3 Å². The Morgan fingerprint density at radius 3 is 2.76 bits per heavy atom. The highest BCUT2D eigenvalue weighted by Crippen LogP contribution is 2.31. The van der Waals surface area contributed by atoms with Crippen LogP contribution in [0.4, 0.5) is 11.4 Å². The summed E-state index contributed by atoms with van der Waals surface area (Å²) in [4.78, 5) is 23.2. The minimum absolute atomic E-state index is 0.187. The molecule has 1 amide bonds. The highest BCUT2D eigenvalue weighted by Gasteiger charge is 2.26. The molecular formula is C12H10N2O3. The Morgan fingerprint density at radius 2 is 1.94 bits per heavy atom. The average Bonchev–Trinajstić information content (AvgIpc) is 2.32. The molecule has 0 fully saturated rings. The van der Waals surface area contributed by atoms with Gasteiger partial charge in [-0.15, -0.1) is 0 Å². The van der Waals surface area contributed by atoms with Crippen LogP contribution in [-0.2, 0) is 4.79 Å². The van der Waals surface area contributed by atoms with Crippen LogP contribution in [0.2, 0.25) is 0 Å². The monoisotopic (exact) mass is 230 g/mol. The Kier molecular flexibility index (Phi) is 1.95. The van der Waals surface area contributed by atoms with Gasteiger partial charge < -0.3 is 15.1 Å². The Morgan fingerprint density at radius 1 is 1.18 bits per heavy atom. The molecule has 0 aliphatic carbocycles. The van der Waals surface area contributed by atoms with Gasteiger partial charge in [-0.3, -0.25) is 4.79 Å². The van der Waals surface area contributed by atoms with E-state index < -0.39 is 5.63 Å². The first-order chi connectivity index (χ1) is 8.16. The fourth-order valence-corrected chi connectivity index (χ4v) is 1.93. The zero-order valence-electron chi connectivity index (χ0n) is 9.11. The zero-order valence-corrected chi connectivity index (χ0v) is 9.11. The summed E-state index contributed by atoms with van der Waals surface area (Å²) in [6, 6.07) is 6.84. The van der Waals surface area contributed by atoms with E-state index in [4.69, 9.17) is 4.42 Å². The summed E-state index contributed by atoms with van der Waals surface area (Å²) in [5, 5.41) is 6.37. The third-order valence-electron chi connectivity index (χ3n) is 2.82. The summed E-state index contributed by atoms with van der Waals surface area (Å²) in [5.74, 6) is -0.236. The number of amides is 1. The Balaban J connectivity index is 2.37. The molecule has 1 aliphatic heterocycles. The van der Waals surface area contributed by atoms with Crippen molar-refractivity contribution in [2.75, 3.05) is 10.6 Å². The number of hydrogen-bond acceptors (Lipinski definition) is 4. The van der Waals surface area contributed by atoms with E-state index >= 15 is 0 Å². The molecule has 0 radical (unpaired) electrons. The van der Waals surface area contributed by atoms with Crippen LogP contribution < -0.4 is 16.3 Å². The number of fused-ring (bicyclic) bond motifs is 3. The van der Waals surface area contributed by atoms with Gasteiger partial charge in [-0.1, -0.05) is 12.1 Å². The molecule has 3 rings (SSSR count). The van der Waals surface area contributed by atoms with Crippen molar-refractivity contribution in [2.24, 2.45) is 0 Å². The summed E-state index contributed by atoms with van der Waals surface area (Å²) in [7, 11) is 0. The number of benzene rings is 1. The summed E-state index contributed by atoms with van der Waals surface area (Å²) >= 11 is 0. The van der Waals surface area contributed by atoms with Crippen LogP contribution in [0.1, 0.15) is 6.92 Å². The van der Waals surface area contributed by atoms with Crippen LogP contribution in [0.5, 0.6) is 0 Å². The standard InChI is InChI=1S/C12H10N2O3/c1-6-11(15)14-10-9(13-6)7-4-2-3-5-8(7)17-12(10)16/h2-6,13H,1H3,(H,14,15)/t6-/m0/s1. The van der Waals surface area contributed by atoms with Gasteiger partial charge in [-0.05, 0) is 19.1 Å². The Hall–Kier alpha value is -2.30. The van der Waals surface area contributed by atoms with E-state index in [-0.39, 0.29) is 17.6 Å². The van der Waals surface area contributed by atoms with Crippen molar-refractivity contribution in [3.05, 3.63) is 34.7 Å². The largest absolute Gasteiger partial charge is 0.421 e. The number of carbonyl (C=O) groups excluding carboxylic acids is 1. The van der Waals surface area contributed by atoms with Gasteiger partial charge >= 0.3 is 5.63 Å². The topological polar surface area (TPSA) is 71.3 Å². The molecule has 5 heteroatoms. The predicted octanol–water partition coefficient (Wildman–Crippen LogP) is 1.55. The van der Waals surface area contributed by atoms with Crippen LogP contribution in [0.15, 0.2) is 33.5 Å². The highest BCUT2D eigenvalue weighted by molar-refractivity contribution is 6.08. The molecule has 5 nitrogen and oxygen atoms in total. The second-order valence-corrected chi connectivity index (χ2v) is 3.99. The molecule has 1 atom stereocenters. The van der Waals surface area contributed by atoms with Gasteiger partial charge in [0, 0.05) is 5.39 Å².